The van der Waals surface area contributed by atoms with E-state index in [4.69, 9.17) is 0 Å². The average molecular weight is 496 g/mol. The van der Waals surface area contributed by atoms with Crippen LogP contribution in [0, 0.1) is 0 Å². The number of nitrogens with one attached hydrogen (secondary N) is 1. The third-order valence-electron chi connectivity index (χ3n) is 5.77. The van der Waals surface area contributed by atoms with E-state index >= 15 is 0 Å². The number of nitrogens with zero attached hydrogens (tertiary/aromatic N) is 2. The molecule has 0 bridgehead atoms. The van der Waals surface area contributed by atoms with E-state index in [0.29, 0.717) is 12.8 Å². The number of rotatable bonds is 10. The molecule has 8 nitrogen and oxygen atoms in total. The number of aliphatic hydroxyl groups excluding tert-OH is 1. The first-order valence-corrected chi connectivity index (χ1v) is 14.8. The molecule has 2 N–H and O–H groups in total. The van der Waals surface area contributed by atoms with Crippen molar-refractivity contribution in [2.75, 3.05) is 48.3 Å². The number of benzene rings is 2. The fourth-order valence-electron chi connectivity index (χ4n) is 4.09. The van der Waals surface area contributed by atoms with Crippen LogP contribution in [0.25, 0.3) is 0 Å². The Kier molecular flexibility index (Phi) is 8.38. The SMILES string of the molecule is CS(=O)(=O)Nc1cc(CCCCC(O)N2CCN(c3ccccc3)CC2)ccc1S(C)(=O)=O. The number of para-hydroxylation sites is 1. The highest BCUT2D eigenvalue weighted by Gasteiger charge is 2.22. The number of hydrogen-bond acceptors (Lipinski definition) is 7. The first-order chi connectivity index (χ1) is 15.5. The summed E-state index contributed by atoms with van der Waals surface area (Å²) >= 11 is 0. The zero-order chi connectivity index (χ0) is 24.1. The molecule has 1 heterocycles. The van der Waals surface area contributed by atoms with Gasteiger partial charge in [-0.25, -0.2) is 16.8 Å². The summed E-state index contributed by atoms with van der Waals surface area (Å²) in [5.74, 6) is 0. The van der Waals surface area contributed by atoms with Crippen LogP contribution in [0.2, 0.25) is 0 Å². The summed E-state index contributed by atoms with van der Waals surface area (Å²) in [5, 5.41) is 10.6. The molecule has 0 radical (unpaired) electrons. The first kappa shape index (κ1) is 25.5. The van der Waals surface area contributed by atoms with Crippen molar-refractivity contribution in [3.8, 4) is 0 Å². The van der Waals surface area contributed by atoms with Gasteiger partial charge in [0, 0.05) is 38.1 Å². The second-order valence-electron chi connectivity index (χ2n) is 8.56. The second-order valence-corrected chi connectivity index (χ2v) is 12.3. The largest absolute Gasteiger partial charge is 0.378 e. The summed E-state index contributed by atoms with van der Waals surface area (Å²) in [7, 11) is -7.17. The average Bonchev–Trinajstić information content (AvgIpc) is 2.75. The molecule has 0 aromatic heterocycles. The summed E-state index contributed by atoms with van der Waals surface area (Å²) < 4.78 is 49.5. The van der Waals surface area contributed by atoms with Gasteiger partial charge >= 0.3 is 0 Å². The lowest BCUT2D eigenvalue weighted by Gasteiger charge is -2.38. The minimum atomic E-state index is -3.60. The predicted molar refractivity (Wildman–Crippen MR) is 132 cm³/mol. The van der Waals surface area contributed by atoms with Gasteiger partial charge in [-0.2, -0.15) is 0 Å². The predicted octanol–water partition coefficient (Wildman–Crippen LogP) is 2.32. The molecule has 0 amide bonds. The zero-order valence-electron chi connectivity index (χ0n) is 19.1. The molecule has 1 atom stereocenters. The standard InChI is InChI=1S/C23H33N3O5S2/c1-32(28,29)22-13-12-19(18-21(22)24-33(2,30)31)8-6-7-11-23(27)26-16-14-25(15-17-26)20-9-4-3-5-10-20/h3-5,9-10,12-13,18,23-24,27H,6-8,11,14-17H2,1-2H3. The van der Waals surface area contributed by atoms with Crippen LogP contribution >= 0.6 is 0 Å². The molecule has 1 unspecified atom stereocenters. The number of anilines is 2. The van der Waals surface area contributed by atoms with Crippen molar-refractivity contribution < 1.29 is 21.9 Å². The van der Waals surface area contributed by atoms with Crippen LogP contribution in [0.15, 0.2) is 53.4 Å². The Bertz CT molecular complexity index is 1130. The van der Waals surface area contributed by atoms with Gasteiger partial charge in [0.05, 0.1) is 16.8 Å². The van der Waals surface area contributed by atoms with Crippen molar-refractivity contribution in [1.29, 1.82) is 0 Å². The maximum atomic E-state index is 12.0. The van der Waals surface area contributed by atoms with Crippen LogP contribution in [0.4, 0.5) is 11.4 Å². The summed E-state index contributed by atoms with van der Waals surface area (Å²) in [6.07, 6.45) is 4.49. The first-order valence-electron chi connectivity index (χ1n) is 11.1. The molecule has 0 saturated carbocycles. The summed E-state index contributed by atoms with van der Waals surface area (Å²) in [6.45, 7) is 3.38. The molecule has 2 aromatic carbocycles. The molecule has 0 aliphatic carbocycles. The van der Waals surface area contributed by atoms with Crippen LogP contribution in [0.5, 0.6) is 0 Å². The Labute approximate surface area is 197 Å². The minimum absolute atomic E-state index is 0.0401. The van der Waals surface area contributed by atoms with E-state index in [1.165, 1.54) is 11.8 Å². The molecule has 1 aliphatic rings. The van der Waals surface area contributed by atoms with Gasteiger partial charge in [0.1, 0.15) is 6.23 Å². The molecular formula is C23H33N3O5S2. The highest BCUT2D eigenvalue weighted by Crippen LogP contribution is 2.25. The Morgan fingerprint density at radius 2 is 1.61 bits per heavy atom. The molecule has 1 aliphatic heterocycles. The topological polar surface area (TPSA) is 107 Å². The monoisotopic (exact) mass is 495 g/mol. The summed E-state index contributed by atoms with van der Waals surface area (Å²) in [4.78, 5) is 4.39. The van der Waals surface area contributed by atoms with E-state index in [9.17, 15) is 21.9 Å². The number of sulfonamides is 1. The molecule has 2 aromatic rings. The van der Waals surface area contributed by atoms with E-state index in [0.717, 1.165) is 57.1 Å². The summed E-state index contributed by atoms with van der Waals surface area (Å²) in [5.41, 5.74) is 2.13. The van der Waals surface area contributed by atoms with Crippen LogP contribution in [-0.4, -0.2) is 71.8 Å². The molecule has 0 spiro atoms. The van der Waals surface area contributed by atoms with Gasteiger partial charge in [0.15, 0.2) is 9.84 Å². The lowest BCUT2D eigenvalue weighted by molar-refractivity contribution is -0.00702. The molecule has 10 heteroatoms. The van der Waals surface area contributed by atoms with E-state index in [1.54, 1.807) is 12.1 Å². The van der Waals surface area contributed by atoms with Gasteiger partial charge in [-0.3, -0.25) is 9.62 Å². The van der Waals surface area contributed by atoms with Crippen LogP contribution < -0.4 is 9.62 Å². The molecule has 1 saturated heterocycles. The van der Waals surface area contributed by atoms with E-state index in [1.807, 2.05) is 18.2 Å². The number of unbranched alkanes of at least 4 members (excludes halogenated alkanes) is 1. The molecule has 1 fully saturated rings. The number of piperazine rings is 1. The highest BCUT2D eigenvalue weighted by atomic mass is 32.2. The number of aliphatic hydroxyl groups is 1. The third kappa shape index (κ3) is 7.70. The van der Waals surface area contributed by atoms with Crippen molar-refractivity contribution in [3.63, 3.8) is 0 Å². The normalized spacial score (nSPS) is 16.5. The molecule has 3 rings (SSSR count). The van der Waals surface area contributed by atoms with Gasteiger partial charge < -0.3 is 10.0 Å². The van der Waals surface area contributed by atoms with Crippen LogP contribution in [0.1, 0.15) is 24.8 Å². The van der Waals surface area contributed by atoms with Crippen LogP contribution in [0.3, 0.4) is 0 Å². The molecular weight excluding hydrogens is 462 g/mol. The third-order valence-corrected chi connectivity index (χ3v) is 7.52. The maximum absolute atomic E-state index is 12.0. The Morgan fingerprint density at radius 1 is 0.939 bits per heavy atom. The minimum Gasteiger partial charge on any atom is -0.378 e. The summed E-state index contributed by atoms with van der Waals surface area (Å²) in [6, 6.07) is 15.0. The van der Waals surface area contributed by atoms with Crippen molar-refractivity contribution in [2.45, 2.75) is 36.8 Å². The number of sulfone groups is 1. The molecule has 182 valence electrons. The Hall–Kier alpha value is -2.14. The highest BCUT2D eigenvalue weighted by molar-refractivity contribution is 7.92. The lowest BCUT2D eigenvalue weighted by atomic mass is 10.1. The maximum Gasteiger partial charge on any atom is 0.229 e. The fourth-order valence-corrected chi connectivity index (χ4v) is 5.55. The molecule has 33 heavy (non-hydrogen) atoms. The van der Waals surface area contributed by atoms with Crippen molar-refractivity contribution >= 4 is 31.2 Å². The van der Waals surface area contributed by atoms with Crippen molar-refractivity contribution in [1.82, 2.24) is 4.90 Å². The van der Waals surface area contributed by atoms with Gasteiger partial charge in [-0.1, -0.05) is 24.3 Å². The fraction of sp³-hybridized carbons (Fsp3) is 0.478. The Morgan fingerprint density at radius 3 is 2.21 bits per heavy atom. The van der Waals surface area contributed by atoms with Gasteiger partial charge in [-0.15, -0.1) is 0 Å². The van der Waals surface area contributed by atoms with Crippen molar-refractivity contribution in [2.24, 2.45) is 0 Å². The van der Waals surface area contributed by atoms with Crippen molar-refractivity contribution in [3.05, 3.63) is 54.1 Å². The number of hydrogen-bond donors (Lipinski definition) is 2. The van der Waals surface area contributed by atoms with Gasteiger partial charge in [0.2, 0.25) is 10.0 Å². The second kappa shape index (κ2) is 10.9. The van der Waals surface area contributed by atoms with E-state index in [-0.39, 0.29) is 10.6 Å². The van der Waals surface area contributed by atoms with E-state index < -0.39 is 26.1 Å². The Balaban J connectivity index is 1.48. The van der Waals surface area contributed by atoms with Gasteiger partial charge in [-0.05, 0) is 55.5 Å². The lowest BCUT2D eigenvalue weighted by Crippen LogP contribution is -2.50. The van der Waals surface area contributed by atoms with E-state index in [2.05, 4.69) is 26.7 Å². The van der Waals surface area contributed by atoms with Crippen LogP contribution in [-0.2, 0) is 26.3 Å². The van der Waals surface area contributed by atoms with Gasteiger partial charge in [0.25, 0.3) is 0 Å². The zero-order valence-corrected chi connectivity index (χ0v) is 20.8. The smallest absolute Gasteiger partial charge is 0.229 e. The number of aryl methyl sites for hydroxylation is 1. The quantitative estimate of drug-likeness (QED) is 0.487.